The van der Waals surface area contributed by atoms with E-state index in [-0.39, 0.29) is 5.88 Å². The predicted molar refractivity (Wildman–Crippen MR) is 46.9 cm³/mol. The summed E-state index contributed by atoms with van der Waals surface area (Å²) in [7, 11) is 0. The fourth-order valence-corrected chi connectivity index (χ4v) is 1.21. The summed E-state index contributed by atoms with van der Waals surface area (Å²) in [5, 5.41) is 9.15. The van der Waals surface area contributed by atoms with Gasteiger partial charge in [0.25, 0.3) is 0 Å². The van der Waals surface area contributed by atoms with E-state index in [0.29, 0.717) is 5.69 Å². The van der Waals surface area contributed by atoms with Gasteiger partial charge in [-0.15, -0.1) is 0 Å². The summed E-state index contributed by atoms with van der Waals surface area (Å²) >= 11 is 0. The van der Waals surface area contributed by atoms with Gasteiger partial charge in [-0.25, -0.2) is 0 Å². The van der Waals surface area contributed by atoms with Crippen LogP contribution in [0.15, 0.2) is 36.0 Å². The monoisotopic (exact) mass is 192 g/mol. The highest BCUT2D eigenvalue weighted by Crippen LogP contribution is 2.27. The summed E-state index contributed by atoms with van der Waals surface area (Å²) in [6.07, 6.45) is 0.633. The normalized spacial score (nSPS) is 21.1. The first kappa shape index (κ1) is 8.55. The maximum Gasteiger partial charge on any atom is 0.249 e. The topological polar surface area (TPSA) is 85.4 Å². The van der Waals surface area contributed by atoms with Crippen molar-refractivity contribution in [2.24, 2.45) is 5.73 Å². The van der Waals surface area contributed by atoms with Crippen molar-refractivity contribution in [3.8, 4) is 0 Å². The molecule has 72 valence electrons. The number of aromatic nitrogens is 1. The number of ether oxygens (including phenoxy) is 1. The number of hydrogen-bond donors (Lipinski definition) is 2. The zero-order chi connectivity index (χ0) is 10.1. The van der Waals surface area contributed by atoms with E-state index in [4.69, 9.17) is 15.6 Å². The van der Waals surface area contributed by atoms with Crippen LogP contribution in [0.25, 0.3) is 0 Å². The lowest BCUT2D eigenvalue weighted by Gasteiger charge is -2.07. The third-order valence-corrected chi connectivity index (χ3v) is 1.91. The number of nitrogens with zero attached hydrogens (tertiary/aromatic N) is 1. The summed E-state index contributed by atoms with van der Waals surface area (Å²) < 4.78 is 4.97. The summed E-state index contributed by atoms with van der Waals surface area (Å²) in [5.41, 5.74) is 5.69. The van der Waals surface area contributed by atoms with Gasteiger partial charge < -0.3 is 15.6 Å². The van der Waals surface area contributed by atoms with Crippen molar-refractivity contribution in [2.75, 3.05) is 0 Å². The minimum Gasteiger partial charge on any atom is -0.501 e. The molecule has 0 fully saturated rings. The summed E-state index contributed by atoms with van der Waals surface area (Å²) in [4.78, 5) is 15.3. The zero-order valence-electron chi connectivity index (χ0n) is 7.18. The lowest BCUT2D eigenvalue weighted by atomic mass is 10.1. The van der Waals surface area contributed by atoms with Crippen LogP contribution in [0.5, 0.6) is 0 Å². The van der Waals surface area contributed by atoms with Gasteiger partial charge in [-0.1, -0.05) is 6.07 Å². The van der Waals surface area contributed by atoms with E-state index in [1.807, 2.05) is 0 Å². The van der Waals surface area contributed by atoms with E-state index in [1.165, 1.54) is 6.20 Å². The average Bonchev–Trinajstić information content (AvgIpc) is 2.47. The molecule has 1 aromatic heterocycles. The van der Waals surface area contributed by atoms with Crippen LogP contribution < -0.4 is 5.73 Å². The molecule has 1 aromatic rings. The molecular formula is C9H8N2O3. The molecule has 2 heterocycles. The molecule has 0 saturated heterocycles. The standard InChI is InChI=1S/C9H8N2O3/c10-9-7(13)6(12)8(14-9)5-3-1-2-4-11-5/h1-4,8,13H,10H2. The van der Waals surface area contributed by atoms with E-state index in [0.717, 1.165) is 0 Å². The maximum absolute atomic E-state index is 11.4. The Labute approximate surface area is 79.8 Å². The molecule has 0 amide bonds. The number of aliphatic hydroxyl groups excluding tert-OH is 1. The Morgan fingerprint density at radius 1 is 1.50 bits per heavy atom. The van der Waals surface area contributed by atoms with Crippen molar-refractivity contribution in [1.82, 2.24) is 4.98 Å². The number of ketones is 1. The van der Waals surface area contributed by atoms with E-state index >= 15 is 0 Å². The second-order valence-electron chi connectivity index (χ2n) is 2.83. The Morgan fingerprint density at radius 2 is 2.29 bits per heavy atom. The van der Waals surface area contributed by atoms with Gasteiger partial charge in [0.15, 0.2) is 0 Å². The summed E-state index contributed by atoms with van der Waals surface area (Å²) in [6, 6.07) is 5.08. The van der Waals surface area contributed by atoms with Gasteiger partial charge in [-0.2, -0.15) is 0 Å². The molecule has 5 nitrogen and oxygen atoms in total. The number of nitrogens with two attached hydrogens (primary N) is 1. The van der Waals surface area contributed by atoms with Crippen molar-refractivity contribution < 1.29 is 14.6 Å². The Bertz CT molecular complexity index is 400. The predicted octanol–water partition coefficient (Wildman–Crippen LogP) is 0.408. The van der Waals surface area contributed by atoms with Crippen LogP contribution in [0.3, 0.4) is 0 Å². The molecule has 0 saturated carbocycles. The molecule has 0 aromatic carbocycles. The number of carbonyl (C=O) groups excluding carboxylic acids is 1. The maximum atomic E-state index is 11.4. The molecule has 0 spiro atoms. The molecule has 1 unspecified atom stereocenters. The van der Waals surface area contributed by atoms with Crippen LogP contribution in [0.4, 0.5) is 0 Å². The van der Waals surface area contributed by atoms with Crippen LogP contribution in [-0.2, 0) is 9.53 Å². The Kier molecular flexibility index (Phi) is 1.85. The van der Waals surface area contributed by atoms with Crippen molar-refractivity contribution >= 4 is 5.78 Å². The lowest BCUT2D eigenvalue weighted by Crippen LogP contribution is -2.11. The van der Waals surface area contributed by atoms with Crippen LogP contribution in [0.2, 0.25) is 0 Å². The van der Waals surface area contributed by atoms with Crippen molar-refractivity contribution in [3.63, 3.8) is 0 Å². The number of Topliss-reactive ketones (excluding diaryl/α,β-unsaturated/α-hetero) is 1. The number of carbonyl (C=O) groups is 1. The number of pyridine rings is 1. The molecular weight excluding hydrogens is 184 g/mol. The largest absolute Gasteiger partial charge is 0.501 e. The number of rotatable bonds is 1. The van der Waals surface area contributed by atoms with E-state index in [2.05, 4.69) is 4.98 Å². The molecule has 14 heavy (non-hydrogen) atoms. The van der Waals surface area contributed by atoms with Gasteiger partial charge in [0.1, 0.15) is 0 Å². The third kappa shape index (κ3) is 1.19. The molecule has 0 radical (unpaired) electrons. The first-order valence-electron chi connectivity index (χ1n) is 4.00. The quantitative estimate of drug-likeness (QED) is 0.673. The first-order valence-corrected chi connectivity index (χ1v) is 4.00. The Balaban J connectivity index is 2.30. The van der Waals surface area contributed by atoms with Gasteiger partial charge in [0.05, 0.1) is 5.69 Å². The molecule has 1 atom stereocenters. The molecule has 0 bridgehead atoms. The van der Waals surface area contributed by atoms with E-state index in [9.17, 15) is 4.79 Å². The van der Waals surface area contributed by atoms with E-state index in [1.54, 1.807) is 18.2 Å². The Morgan fingerprint density at radius 3 is 2.79 bits per heavy atom. The van der Waals surface area contributed by atoms with Gasteiger partial charge in [-0.3, -0.25) is 9.78 Å². The Hall–Kier alpha value is -2.04. The fourth-order valence-electron chi connectivity index (χ4n) is 1.21. The third-order valence-electron chi connectivity index (χ3n) is 1.91. The highest BCUT2D eigenvalue weighted by molar-refractivity contribution is 5.99. The highest BCUT2D eigenvalue weighted by atomic mass is 16.5. The minimum absolute atomic E-state index is 0.245. The number of aliphatic hydroxyl groups is 1. The molecule has 1 aliphatic heterocycles. The smallest absolute Gasteiger partial charge is 0.249 e. The zero-order valence-corrected chi connectivity index (χ0v) is 7.18. The van der Waals surface area contributed by atoms with Crippen molar-refractivity contribution in [3.05, 3.63) is 41.7 Å². The minimum atomic E-state index is -0.906. The molecule has 1 aliphatic rings. The molecule has 3 N–H and O–H groups in total. The summed E-state index contributed by atoms with van der Waals surface area (Å²) in [6.45, 7) is 0. The second-order valence-corrected chi connectivity index (χ2v) is 2.83. The fraction of sp³-hybridized carbons (Fsp3) is 0.111. The van der Waals surface area contributed by atoms with Crippen LogP contribution in [0.1, 0.15) is 11.8 Å². The van der Waals surface area contributed by atoms with Gasteiger partial charge in [0.2, 0.25) is 23.5 Å². The summed E-state index contributed by atoms with van der Waals surface area (Å²) in [5.74, 6) is -1.33. The van der Waals surface area contributed by atoms with Gasteiger partial charge >= 0.3 is 0 Å². The molecule has 5 heteroatoms. The van der Waals surface area contributed by atoms with Gasteiger partial charge in [0, 0.05) is 6.20 Å². The van der Waals surface area contributed by atoms with Crippen molar-refractivity contribution in [2.45, 2.75) is 6.10 Å². The van der Waals surface area contributed by atoms with Gasteiger partial charge in [-0.05, 0) is 12.1 Å². The van der Waals surface area contributed by atoms with Crippen molar-refractivity contribution in [1.29, 1.82) is 0 Å². The highest BCUT2D eigenvalue weighted by Gasteiger charge is 2.35. The molecule has 0 aliphatic carbocycles. The van der Waals surface area contributed by atoms with Crippen LogP contribution in [-0.4, -0.2) is 15.9 Å². The first-order chi connectivity index (χ1) is 6.70. The average molecular weight is 192 g/mol. The van der Waals surface area contributed by atoms with Crippen LogP contribution >= 0.6 is 0 Å². The van der Waals surface area contributed by atoms with Crippen LogP contribution in [0, 0.1) is 0 Å². The number of hydrogen-bond acceptors (Lipinski definition) is 5. The lowest BCUT2D eigenvalue weighted by molar-refractivity contribution is -0.123. The molecule has 2 rings (SSSR count). The SMILES string of the molecule is NC1=C(O)C(=O)C(c2ccccn2)O1. The second kappa shape index (κ2) is 3.02. The van der Waals surface area contributed by atoms with E-state index < -0.39 is 17.6 Å².